The summed E-state index contributed by atoms with van der Waals surface area (Å²) in [6.07, 6.45) is 3.37. The third-order valence-electron chi connectivity index (χ3n) is 2.98. The van der Waals surface area contributed by atoms with Crippen LogP contribution in [0.4, 0.5) is 0 Å². The third kappa shape index (κ3) is 4.61. The first kappa shape index (κ1) is 13.0. The third-order valence-corrected chi connectivity index (χ3v) is 2.98. The summed E-state index contributed by atoms with van der Waals surface area (Å²) in [4.78, 5) is 23.8. The SMILES string of the molecule is CN(CCCC(=O)O)C1CCCNC(=O)C1. The van der Waals surface area contributed by atoms with Crippen LogP contribution in [0.5, 0.6) is 0 Å². The highest BCUT2D eigenvalue weighted by atomic mass is 16.4. The molecule has 1 heterocycles. The molecule has 16 heavy (non-hydrogen) atoms. The predicted molar refractivity (Wildman–Crippen MR) is 60.1 cm³/mol. The average Bonchev–Trinajstić information content (AvgIpc) is 2.42. The minimum Gasteiger partial charge on any atom is -0.481 e. The average molecular weight is 228 g/mol. The van der Waals surface area contributed by atoms with E-state index in [9.17, 15) is 9.59 Å². The summed E-state index contributed by atoms with van der Waals surface area (Å²) in [5.41, 5.74) is 0. The van der Waals surface area contributed by atoms with Gasteiger partial charge in [0, 0.05) is 25.4 Å². The molecule has 0 aliphatic carbocycles. The Morgan fingerprint density at radius 1 is 1.62 bits per heavy atom. The van der Waals surface area contributed by atoms with Gasteiger partial charge in [-0.1, -0.05) is 0 Å². The molecule has 92 valence electrons. The largest absolute Gasteiger partial charge is 0.481 e. The van der Waals surface area contributed by atoms with Gasteiger partial charge in [-0.15, -0.1) is 0 Å². The molecule has 5 nitrogen and oxygen atoms in total. The minimum absolute atomic E-state index is 0.104. The molecule has 1 amide bonds. The number of carbonyl (C=O) groups excluding carboxylic acids is 1. The van der Waals surface area contributed by atoms with Crippen molar-refractivity contribution in [2.45, 2.75) is 38.1 Å². The molecule has 0 aromatic rings. The van der Waals surface area contributed by atoms with Gasteiger partial charge in [-0.25, -0.2) is 0 Å². The fourth-order valence-electron chi connectivity index (χ4n) is 1.99. The zero-order valence-electron chi connectivity index (χ0n) is 9.74. The van der Waals surface area contributed by atoms with Crippen LogP contribution < -0.4 is 5.32 Å². The Morgan fingerprint density at radius 3 is 3.06 bits per heavy atom. The molecule has 0 aromatic carbocycles. The molecule has 1 saturated heterocycles. The Hall–Kier alpha value is -1.10. The van der Waals surface area contributed by atoms with Crippen LogP contribution in [-0.2, 0) is 9.59 Å². The Labute approximate surface area is 95.8 Å². The van der Waals surface area contributed by atoms with Crippen molar-refractivity contribution in [3.63, 3.8) is 0 Å². The number of carboxylic acids is 1. The van der Waals surface area contributed by atoms with E-state index in [0.717, 1.165) is 25.9 Å². The van der Waals surface area contributed by atoms with E-state index >= 15 is 0 Å². The topological polar surface area (TPSA) is 69.6 Å². The van der Waals surface area contributed by atoms with Crippen molar-refractivity contribution in [1.29, 1.82) is 0 Å². The van der Waals surface area contributed by atoms with Crippen molar-refractivity contribution in [1.82, 2.24) is 10.2 Å². The monoisotopic (exact) mass is 228 g/mol. The van der Waals surface area contributed by atoms with Crippen LogP contribution in [0.2, 0.25) is 0 Å². The van der Waals surface area contributed by atoms with Crippen LogP contribution in [0, 0.1) is 0 Å². The molecular weight excluding hydrogens is 208 g/mol. The van der Waals surface area contributed by atoms with E-state index < -0.39 is 5.97 Å². The number of nitrogens with zero attached hydrogens (tertiary/aromatic N) is 1. The maximum Gasteiger partial charge on any atom is 0.303 e. The lowest BCUT2D eigenvalue weighted by Gasteiger charge is -2.25. The highest BCUT2D eigenvalue weighted by molar-refractivity contribution is 5.76. The van der Waals surface area contributed by atoms with E-state index in [0.29, 0.717) is 12.8 Å². The fourth-order valence-corrected chi connectivity index (χ4v) is 1.99. The van der Waals surface area contributed by atoms with Crippen molar-refractivity contribution in [2.75, 3.05) is 20.1 Å². The van der Waals surface area contributed by atoms with Crippen molar-refractivity contribution in [2.24, 2.45) is 0 Å². The number of rotatable bonds is 5. The minimum atomic E-state index is -0.757. The van der Waals surface area contributed by atoms with E-state index in [1.54, 1.807) is 0 Å². The zero-order chi connectivity index (χ0) is 12.0. The second kappa shape index (κ2) is 6.48. The number of carbonyl (C=O) groups is 2. The maximum absolute atomic E-state index is 11.3. The van der Waals surface area contributed by atoms with Gasteiger partial charge in [0.05, 0.1) is 0 Å². The van der Waals surface area contributed by atoms with Gasteiger partial charge in [0.25, 0.3) is 0 Å². The molecule has 0 saturated carbocycles. The Kier molecular flexibility index (Phi) is 5.25. The standard InChI is InChI=1S/C11H20N2O3/c1-13(7-3-5-11(15)16)9-4-2-6-12-10(14)8-9/h9H,2-8H2,1H3,(H,12,14)(H,15,16). The normalized spacial score (nSPS) is 21.6. The quantitative estimate of drug-likeness (QED) is 0.717. The van der Waals surface area contributed by atoms with Gasteiger partial charge in [0.15, 0.2) is 0 Å². The van der Waals surface area contributed by atoms with Gasteiger partial charge >= 0.3 is 5.97 Å². The van der Waals surface area contributed by atoms with Crippen molar-refractivity contribution >= 4 is 11.9 Å². The smallest absolute Gasteiger partial charge is 0.303 e. The summed E-state index contributed by atoms with van der Waals surface area (Å²) in [5, 5.41) is 11.4. The molecule has 0 aromatic heterocycles. The number of aliphatic carboxylic acids is 1. The summed E-state index contributed by atoms with van der Waals surface area (Å²) < 4.78 is 0. The first-order valence-electron chi connectivity index (χ1n) is 5.78. The molecular formula is C11H20N2O3. The van der Waals surface area contributed by atoms with Gasteiger partial charge in [0.1, 0.15) is 0 Å². The number of carboxylic acid groups (broad SMARTS) is 1. The lowest BCUT2D eigenvalue weighted by Crippen LogP contribution is -2.35. The van der Waals surface area contributed by atoms with E-state index in [1.807, 2.05) is 7.05 Å². The van der Waals surface area contributed by atoms with Gasteiger partial charge in [-0.3, -0.25) is 9.59 Å². The number of hydrogen-bond donors (Lipinski definition) is 2. The molecule has 2 N–H and O–H groups in total. The second-order valence-electron chi connectivity index (χ2n) is 4.33. The zero-order valence-corrected chi connectivity index (χ0v) is 9.74. The lowest BCUT2D eigenvalue weighted by atomic mass is 10.1. The van der Waals surface area contributed by atoms with Crippen LogP contribution in [0.1, 0.15) is 32.1 Å². The summed E-state index contributed by atoms with van der Waals surface area (Å²) in [7, 11) is 1.96. The van der Waals surface area contributed by atoms with Crippen LogP contribution >= 0.6 is 0 Å². The highest BCUT2D eigenvalue weighted by Crippen LogP contribution is 2.13. The van der Waals surface area contributed by atoms with E-state index in [-0.39, 0.29) is 18.4 Å². The Balaban J connectivity index is 2.30. The molecule has 1 fully saturated rings. The van der Waals surface area contributed by atoms with Gasteiger partial charge in [-0.2, -0.15) is 0 Å². The lowest BCUT2D eigenvalue weighted by molar-refractivity contribution is -0.137. The second-order valence-corrected chi connectivity index (χ2v) is 4.33. The predicted octanol–water partition coefficient (Wildman–Crippen LogP) is 0.452. The Morgan fingerprint density at radius 2 is 2.38 bits per heavy atom. The molecule has 1 aliphatic heterocycles. The summed E-state index contributed by atoms with van der Waals surface area (Å²) in [5.74, 6) is -0.653. The molecule has 0 spiro atoms. The van der Waals surface area contributed by atoms with Crippen LogP contribution in [-0.4, -0.2) is 48.1 Å². The number of nitrogens with one attached hydrogen (secondary N) is 1. The van der Waals surface area contributed by atoms with Gasteiger partial charge in [-0.05, 0) is 32.9 Å². The van der Waals surface area contributed by atoms with Crippen LogP contribution in [0.3, 0.4) is 0 Å². The highest BCUT2D eigenvalue weighted by Gasteiger charge is 2.20. The van der Waals surface area contributed by atoms with Crippen molar-refractivity contribution in [3.8, 4) is 0 Å². The molecule has 1 aliphatic rings. The number of amides is 1. The van der Waals surface area contributed by atoms with Gasteiger partial charge < -0.3 is 15.3 Å². The van der Waals surface area contributed by atoms with Crippen LogP contribution in [0.15, 0.2) is 0 Å². The molecule has 1 rings (SSSR count). The van der Waals surface area contributed by atoms with Crippen molar-refractivity contribution in [3.05, 3.63) is 0 Å². The number of hydrogen-bond acceptors (Lipinski definition) is 3. The molecule has 0 radical (unpaired) electrons. The van der Waals surface area contributed by atoms with Crippen LogP contribution in [0.25, 0.3) is 0 Å². The summed E-state index contributed by atoms with van der Waals surface area (Å²) in [6.45, 7) is 1.50. The summed E-state index contributed by atoms with van der Waals surface area (Å²) in [6, 6.07) is 0.260. The van der Waals surface area contributed by atoms with E-state index in [2.05, 4.69) is 10.2 Å². The molecule has 5 heteroatoms. The first-order chi connectivity index (χ1) is 7.59. The van der Waals surface area contributed by atoms with E-state index in [4.69, 9.17) is 5.11 Å². The molecule has 1 unspecified atom stereocenters. The molecule has 0 bridgehead atoms. The summed E-state index contributed by atoms with van der Waals surface area (Å²) >= 11 is 0. The Bertz CT molecular complexity index is 256. The fraction of sp³-hybridized carbons (Fsp3) is 0.818. The van der Waals surface area contributed by atoms with E-state index in [1.165, 1.54) is 0 Å². The van der Waals surface area contributed by atoms with Gasteiger partial charge in [0.2, 0.25) is 5.91 Å². The molecule has 1 atom stereocenters. The maximum atomic E-state index is 11.3. The first-order valence-corrected chi connectivity index (χ1v) is 5.78. The van der Waals surface area contributed by atoms with Crippen molar-refractivity contribution < 1.29 is 14.7 Å².